The highest BCUT2D eigenvalue weighted by Gasteiger charge is 2.09. The van der Waals surface area contributed by atoms with E-state index in [-0.39, 0.29) is 0 Å². The van der Waals surface area contributed by atoms with Gasteiger partial charge in [0.15, 0.2) is 11.5 Å². The molecule has 0 spiro atoms. The van der Waals surface area contributed by atoms with Gasteiger partial charge in [0, 0.05) is 5.69 Å². The molecule has 0 saturated heterocycles. The summed E-state index contributed by atoms with van der Waals surface area (Å²) < 4.78 is 2.00. The molecule has 0 bridgehead atoms. The quantitative estimate of drug-likeness (QED) is 0.411. The molecule has 3 aromatic rings. The number of nitrogen functional groups attached to an aromatic ring is 2. The first kappa shape index (κ1) is 19.1. The van der Waals surface area contributed by atoms with Gasteiger partial charge in [-0.25, -0.2) is 15.0 Å². The summed E-state index contributed by atoms with van der Waals surface area (Å²) in [6, 6.07) is 6.29. The molecule has 0 amide bonds. The maximum Gasteiger partial charge on any atom is 0.165 e. The molecule has 4 N–H and O–H groups in total. The Balaban J connectivity index is 1.60. The van der Waals surface area contributed by atoms with E-state index in [1.54, 1.807) is 6.33 Å². The zero-order valence-corrected chi connectivity index (χ0v) is 16.2. The van der Waals surface area contributed by atoms with Crippen molar-refractivity contribution in [3.05, 3.63) is 42.0 Å². The molecule has 6 nitrogen and oxygen atoms in total. The van der Waals surface area contributed by atoms with E-state index < -0.39 is 0 Å². The van der Waals surface area contributed by atoms with Gasteiger partial charge in [0.05, 0.1) is 12.9 Å². The summed E-state index contributed by atoms with van der Waals surface area (Å²) in [5, 5.41) is 0. The molecule has 2 heterocycles. The van der Waals surface area contributed by atoms with Crippen LogP contribution in [0.1, 0.15) is 63.0 Å². The molecular formula is C21H30N6. The van der Waals surface area contributed by atoms with E-state index in [2.05, 4.69) is 34.0 Å². The molecule has 0 aliphatic heterocycles. The van der Waals surface area contributed by atoms with E-state index in [0.717, 1.165) is 17.8 Å². The third-order valence-electron chi connectivity index (χ3n) is 5.04. The van der Waals surface area contributed by atoms with Crippen LogP contribution in [0.25, 0.3) is 11.2 Å². The molecule has 0 unspecified atom stereocenters. The molecule has 144 valence electrons. The fraction of sp³-hybridized carbons (Fsp3) is 0.476. The second kappa shape index (κ2) is 9.35. The Hall–Kier alpha value is -2.63. The van der Waals surface area contributed by atoms with Gasteiger partial charge < -0.3 is 16.0 Å². The first-order chi connectivity index (χ1) is 13.2. The van der Waals surface area contributed by atoms with Crippen LogP contribution in [0.15, 0.2) is 30.9 Å². The number of aromatic nitrogens is 4. The minimum atomic E-state index is 0.413. The van der Waals surface area contributed by atoms with Gasteiger partial charge in [-0.3, -0.25) is 0 Å². The van der Waals surface area contributed by atoms with E-state index in [4.69, 9.17) is 11.5 Å². The summed E-state index contributed by atoms with van der Waals surface area (Å²) in [6.45, 7) is 2.95. The van der Waals surface area contributed by atoms with Crippen molar-refractivity contribution in [1.29, 1.82) is 0 Å². The van der Waals surface area contributed by atoms with Gasteiger partial charge in [0.2, 0.25) is 0 Å². The molecule has 0 saturated carbocycles. The lowest BCUT2D eigenvalue weighted by molar-refractivity contribution is 0.589. The van der Waals surface area contributed by atoms with Crippen molar-refractivity contribution in [2.24, 2.45) is 0 Å². The number of fused-ring (bicyclic) bond motifs is 1. The van der Waals surface area contributed by atoms with Gasteiger partial charge in [0.1, 0.15) is 11.8 Å². The Labute approximate surface area is 161 Å². The van der Waals surface area contributed by atoms with Crippen LogP contribution >= 0.6 is 0 Å². The lowest BCUT2D eigenvalue weighted by atomic mass is 10.0. The Morgan fingerprint density at radius 3 is 2.52 bits per heavy atom. The highest BCUT2D eigenvalue weighted by atomic mass is 15.1. The molecule has 2 aromatic heterocycles. The van der Waals surface area contributed by atoms with Crippen molar-refractivity contribution in [2.45, 2.75) is 64.8 Å². The van der Waals surface area contributed by atoms with Crippen LogP contribution in [0.5, 0.6) is 0 Å². The zero-order chi connectivity index (χ0) is 19.1. The van der Waals surface area contributed by atoms with Crippen LogP contribution in [0.2, 0.25) is 0 Å². The van der Waals surface area contributed by atoms with Crippen molar-refractivity contribution in [3.63, 3.8) is 0 Å². The van der Waals surface area contributed by atoms with Crippen LogP contribution in [0.3, 0.4) is 0 Å². The molecule has 0 atom stereocenters. The molecule has 3 rings (SSSR count). The number of hydrogen-bond donors (Lipinski definition) is 2. The van der Waals surface area contributed by atoms with Crippen LogP contribution < -0.4 is 11.5 Å². The van der Waals surface area contributed by atoms with E-state index in [1.807, 2.05) is 10.6 Å². The third-order valence-corrected chi connectivity index (χ3v) is 5.04. The van der Waals surface area contributed by atoms with Gasteiger partial charge in [-0.15, -0.1) is 0 Å². The minimum Gasteiger partial charge on any atom is -0.399 e. The second-order valence-corrected chi connectivity index (χ2v) is 7.21. The van der Waals surface area contributed by atoms with E-state index in [0.29, 0.717) is 17.9 Å². The standard InChI is InChI=1S/C21H30N6/c1-2-3-4-5-6-7-8-9-17-12-16(10-11-18(17)22)13-27-15-26-19-20(23)24-14-25-21(19)27/h10-12,14-15H,2-9,13,22H2,1H3,(H2,23,24,25). The molecule has 1 aromatic carbocycles. The second-order valence-electron chi connectivity index (χ2n) is 7.21. The number of rotatable bonds is 10. The number of imidazole rings is 1. The predicted octanol–water partition coefficient (Wildman–Crippen LogP) is 4.33. The first-order valence-corrected chi connectivity index (χ1v) is 9.97. The normalized spacial score (nSPS) is 11.3. The van der Waals surface area contributed by atoms with Crippen LogP contribution in [0.4, 0.5) is 11.5 Å². The van der Waals surface area contributed by atoms with Crippen LogP contribution in [-0.2, 0) is 13.0 Å². The fourth-order valence-electron chi connectivity index (χ4n) is 3.46. The highest BCUT2D eigenvalue weighted by molar-refractivity contribution is 5.81. The van der Waals surface area contributed by atoms with Gasteiger partial charge in [-0.2, -0.15) is 0 Å². The monoisotopic (exact) mass is 366 g/mol. The predicted molar refractivity (Wildman–Crippen MR) is 111 cm³/mol. The van der Waals surface area contributed by atoms with Gasteiger partial charge in [-0.1, -0.05) is 57.6 Å². The summed E-state index contributed by atoms with van der Waals surface area (Å²) >= 11 is 0. The van der Waals surface area contributed by atoms with Crippen molar-refractivity contribution in [2.75, 3.05) is 11.5 Å². The third kappa shape index (κ3) is 4.96. The number of unbranched alkanes of at least 4 members (excludes halogenated alkanes) is 6. The topological polar surface area (TPSA) is 95.6 Å². The maximum atomic E-state index is 6.20. The van der Waals surface area contributed by atoms with Crippen LogP contribution in [0, 0.1) is 0 Å². The smallest absolute Gasteiger partial charge is 0.165 e. The fourth-order valence-corrected chi connectivity index (χ4v) is 3.46. The lowest BCUT2D eigenvalue weighted by Crippen LogP contribution is -2.03. The summed E-state index contributed by atoms with van der Waals surface area (Å²) in [5.41, 5.74) is 16.8. The van der Waals surface area contributed by atoms with Crippen molar-refractivity contribution < 1.29 is 0 Å². The van der Waals surface area contributed by atoms with E-state index in [9.17, 15) is 0 Å². The molecule has 0 aliphatic carbocycles. The highest BCUT2D eigenvalue weighted by Crippen LogP contribution is 2.20. The van der Waals surface area contributed by atoms with Gasteiger partial charge in [0.25, 0.3) is 0 Å². The van der Waals surface area contributed by atoms with Gasteiger partial charge >= 0.3 is 0 Å². The van der Waals surface area contributed by atoms with E-state index in [1.165, 1.54) is 62.4 Å². The Morgan fingerprint density at radius 1 is 0.926 bits per heavy atom. The molecule has 0 fully saturated rings. The number of nitrogens with two attached hydrogens (primary N) is 2. The number of anilines is 2. The summed E-state index contributed by atoms with van der Waals surface area (Å²) in [7, 11) is 0. The Morgan fingerprint density at radius 2 is 1.70 bits per heavy atom. The molecular weight excluding hydrogens is 336 g/mol. The lowest BCUT2D eigenvalue weighted by Gasteiger charge is -2.10. The molecule has 27 heavy (non-hydrogen) atoms. The van der Waals surface area contributed by atoms with Gasteiger partial charge in [-0.05, 0) is 30.0 Å². The average Bonchev–Trinajstić information content (AvgIpc) is 3.08. The van der Waals surface area contributed by atoms with Crippen LogP contribution in [-0.4, -0.2) is 19.5 Å². The minimum absolute atomic E-state index is 0.413. The molecule has 0 radical (unpaired) electrons. The Bertz CT molecular complexity index is 870. The number of hydrogen-bond acceptors (Lipinski definition) is 5. The molecule has 6 heteroatoms. The number of aryl methyl sites for hydroxylation is 1. The summed E-state index contributed by atoms with van der Waals surface area (Å²) in [5.74, 6) is 0.413. The van der Waals surface area contributed by atoms with Crippen molar-refractivity contribution in [3.8, 4) is 0 Å². The van der Waals surface area contributed by atoms with Crippen molar-refractivity contribution in [1.82, 2.24) is 19.5 Å². The summed E-state index contributed by atoms with van der Waals surface area (Å²) in [6.07, 6.45) is 13.4. The largest absolute Gasteiger partial charge is 0.399 e. The number of nitrogens with zero attached hydrogens (tertiary/aromatic N) is 4. The SMILES string of the molecule is CCCCCCCCCc1cc(Cn2cnc3c(N)ncnc32)ccc1N. The first-order valence-electron chi connectivity index (χ1n) is 9.97. The average molecular weight is 367 g/mol. The zero-order valence-electron chi connectivity index (χ0n) is 16.2. The van der Waals surface area contributed by atoms with E-state index >= 15 is 0 Å². The summed E-state index contributed by atoms with van der Waals surface area (Å²) in [4.78, 5) is 12.6. The Kier molecular flexibility index (Phi) is 6.63. The van der Waals surface area contributed by atoms with Crippen molar-refractivity contribution >= 4 is 22.7 Å². The molecule has 0 aliphatic rings. The maximum absolute atomic E-state index is 6.20. The number of benzene rings is 1.